The van der Waals surface area contributed by atoms with Crippen LogP contribution in [0.1, 0.15) is 22.4 Å². The Morgan fingerprint density at radius 3 is 2.89 bits per heavy atom. The summed E-state index contributed by atoms with van der Waals surface area (Å²) in [6.07, 6.45) is 1.98. The molecular formula is C22H19N4O2+. The maximum absolute atomic E-state index is 12.5. The van der Waals surface area contributed by atoms with E-state index in [2.05, 4.69) is 6.07 Å². The highest BCUT2D eigenvalue weighted by Gasteiger charge is 2.23. The molecule has 1 aliphatic rings. The summed E-state index contributed by atoms with van der Waals surface area (Å²) in [6.45, 7) is 0.946. The number of nitriles is 1. The van der Waals surface area contributed by atoms with Crippen LogP contribution in [-0.4, -0.2) is 28.7 Å². The van der Waals surface area contributed by atoms with Crippen LogP contribution < -0.4 is 0 Å². The largest absolute Gasteiger partial charge is 0.378 e. The van der Waals surface area contributed by atoms with E-state index in [1.165, 1.54) is 0 Å². The monoisotopic (exact) mass is 371 g/mol. The van der Waals surface area contributed by atoms with Crippen LogP contribution in [0.3, 0.4) is 0 Å². The predicted octanol–water partition coefficient (Wildman–Crippen LogP) is 3.91. The molecule has 0 amide bonds. The predicted molar refractivity (Wildman–Crippen MR) is 106 cm³/mol. The van der Waals surface area contributed by atoms with Crippen molar-refractivity contribution in [3.8, 4) is 11.8 Å². The lowest BCUT2D eigenvalue weighted by Crippen LogP contribution is -2.17. The van der Waals surface area contributed by atoms with Gasteiger partial charge in [0.05, 0.1) is 23.9 Å². The number of nitroso groups, excluding NO2 is 1. The molecule has 0 saturated carbocycles. The van der Waals surface area contributed by atoms with Crippen molar-refractivity contribution in [3.63, 3.8) is 0 Å². The van der Waals surface area contributed by atoms with Gasteiger partial charge >= 0.3 is 0 Å². The molecule has 0 aliphatic carbocycles. The average molecular weight is 371 g/mol. The van der Waals surface area contributed by atoms with E-state index in [0.717, 1.165) is 33.0 Å². The summed E-state index contributed by atoms with van der Waals surface area (Å²) in [6, 6.07) is 19.2. The molecule has 1 aliphatic heterocycles. The molecule has 28 heavy (non-hydrogen) atoms. The Bertz CT molecular complexity index is 1120. The van der Waals surface area contributed by atoms with Crippen molar-refractivity contribution in [3.05, 3.63) is 88.1 Å². The molecule has 0 spiro atoms. The SMILES string of the molecule is COCc1cccn1-c1ccc2c(c1)C[N+](=O)CC(c1cccc(C#N)c1)=N2. The number of benzene rings is 2. The fourth-order valence-electron chi connectivity index (χ4n) is 3.41. The van der Waals surface area contributed by atoms with Gasteiger partial charge in [-0.05, 0) is 42.5 Å². The quantitative estimate of drug-likeness (QED) is 0.653. The topological polar surface area (TPSA) is 70.4 Å². The molecular weight excluding hydrogens is 352 g/mol. The molecule has 6 heteroatoms. The van der Waals surface area contributed by atoms with Gasteiger partial charge in [-0.25, -0.2) is 4.99 Å². The second-order valence-corrected chi connectivity index (χ2v) is 6.66. The van der Waals surface area contributed by atoms with Gasteiger partial charge in [0, 0.05) is 45.5 Å². The van der Waals surface area contributed by atoms with Crippen molar-refractivity contribution in [1.29, 1.82) is 5.26 Å². The van der Waals surface area contributed by atoms with Gasteiger partial charge in [0.15, 0.2) is 0 Å². The number of ether oxygens (including phenoxy) is 1. The Morgan fingerprint density at radius 2 is 2.07 bits per heavy atom. The Balaban J connectivity index is 1.76. The molecule has 0 N–H and O–H groups in total. The van der Waals surface area contributed by atoms with Crippen LogP contribution >= 0.6 is 0 Å². The maximum atomic E-state index is 12.5. The Morgan fingerprint density at radius 1 is 1.18 bits per heavy atom. The molecule has 6 nitrogen and oxygen atoms in total. The van der Waals surface area contributed by atoms with Gasteiger partial charge in [0.2, 0.25) is 13.1 Å². The van der Waals surface area contributed by atoms with Gasteiger partial charge in [0.1, 0.15) is 5.71 Å². The van der Waals surface area contributed by atoms with Crippen LogP contribution in [0.5, 0.6) is 0 Å². The fourth-order valence-corrected chi connectivity index (χ4v) is 3.41. The number of nitrogens with zero attached hydrogens (tertiary/aromatic N) is 4. The van der Waals surface area contributed by atoms with E-state index in [0.29, 0.717) is 17.9 Å². The lowest BCUT2D eigenvalue weighted by atomic mass is 10.1. The highest BCUT2D eigenvalue weighted by molar-refractivity contribution is 6.03. The maximum Gasteiger partial charge on any atom is 0.234 e. The molecule has 1 aromatic heterocycles. The van der Waals surface area contributed by atoms with Gasteiger partial charge in [-0.2, -0.15) is 5.26 Å². The second kappa shape index (κ2) is 7.59. The highest BCUT2D eigenvalue weighted by atomic mass is 16.5. The summed E-state index contributed by atoms with van der Waals surface area (Å²) < 4.78 is 8.30. The zero-order valence-electron chi connectivity index (χ0n) is 15.5. The molecule has 0 bridgehead atoms. The van der Waals surface area contributed by atoms with E-state index in [-0.39, 0.29) is 13.1 Å². The molecule has 3 aromatic rings. The van der Waals surface area contributed by atoms with E-state index in [4.69, 9.17) is 15.0 Å². The summed E-state index contributed by atoms with van der Waals surface area (Å²) >= 11 is 0. The normalized spacial score (nSPS) is 13.4. The van der Waals surface area contributed by atoms with Crippen molar-refractivity contribution in [2.45, 2.75) is 13.2 Å². The van der Waals surface area contributed by atoms with E-state index < -0.39 is 0 Å². The van der Waals surface area contributed by atoms with Gasteiger partial charge < -0.3 is 9.30 Å². The van der Waals surface area contributed by atoms with Crippen LogP contribution in [0.25, 0.3) is 5.69 Å². The number of aliphatic imine (C=N–C) groups is 1. The summed E-state index contributed by atoms with van der Waals surface area (Å²) in [5.74, 6) is 0. The third-order valence-electron chi connectivity index (χ3n) is 4.72. The first-order valence-electron chi connectivity index (χ1n) is 8.96. The number of methoxy groups -OCH3 is 1. The number of aromatic nitrogens is 1. The van der Waals surface area contributed by atoms with Crippen molar-refractivity contribution >= 4 is 11.4 Å². The molecule has 2 aromatic carbocycles. The third-order valence-corrected chi connectivity index (χ3v) is 4.72. The number of fused-ring (bicyclic) bond motifs is 1. The van der Waals surface area contributed by atoms with Gasteiger partial charge in [-0.1, -0.05) is 12.1 Å². The molecule has 138 valence electrons. The van der Waals surface area contributed by atoms with E-state index >= 15 is 0 Å². The summed E-state index contributed by atoms with van der Waals surface area (Å²) in [5.41, 5.74) is 5.66. The van der Waals surface area contributed by atoms with Crippen molar-refractivity contribution in [1.82, 2.24) is 4.57 Å². The van der Waals surface area contributed by atoms with Crippen molar-refractivity contribution in [2.75, 3.05) is 13.7 Å². The molecule has 0 unspecified atom stereocenters. The van der Waals surface area contributed by atoms with E-state index in [9.17, 15) is 4.91 Å². The van der Waals surface area contributed by atoms with Gasteiger partial charge in [-0.15, -0.1) is 0 Å². The number of hydrogen-bond donors (Lipinski definition) is 0. The molecule has 4 rings (SSSR count). The van der Waals surface area contributed by atoms with Crippen LogP contribution in [0.4, 0.5) is 5.69 Å². The molecule has 0 radical (unpaired) electrons. The lowest BCUT2D eigenvalue weighted by Gasteiger charge is -2.10. The number of hydrogen-bond acceptors (Lipinski definition) is 4. The van der Waals surface area contributed by atoms with E-state index in [1.54, 1.807) is 19.2 Å². The number of rotatable bonds is 4. The summed E-state index contributed by atoms with van der Waals surface area (Å²) in [7, 11) is 1.67. The first kappa shape index (κ1) is 17.8. The first-order chi connectivity index (χ1) is 13.7. The van der Waals surface area contributed by atoms with Crippen LogP contribution in [0.2, 0.25) is 0 Å². The Hall–Kier alpha value is -3.56. The van der Waals surface area contributed by atoms with Gasteiger partial charge in [-0.3, -0.25) is 0 Å². The van der Waals surface area contributed by atoms with Crippen LogP contribution in [0, 0.1) is 16.2 Å². The van der Waals surface area contributed by atoms with Crippen LogP contribution in [0.15, 0.2) is 65.8 Å². The third kappa shape index (κ3) is 3.48. The minimum Gasteiger partial charge on any atom is -0.378 e. The second-order valence-electron chi connectivity index (χ2n) is 6.66. The molecule has 2 heterocycles. The standard InChI is InChI=1S/C22H19N4O2/c1-28-15-20-6-3-9-26(20)19-7-8-21-18(11-19)13-25(27)14-22(24-21)17-5-2-4-16(10-17)12-23/h2-11H,13-15H2,1H3/q+1. The first-order valence-corrected chi connectivity index (χ1v) is 8.96. The minimum atomic E-state index is 0.178. The lowest BCUT2D eigenvalue weighted by molar-refractivity contribution is -0.549. The average Bonchev–Trinajstić information content (AvgIpc) is 3.10. The molecule has 0 atom stereocenters. The van der Waals surface area contributed by atoms with Crippen LogP contribution in [-0.2, 0) is 17.9 Å². The van der Waals surface area contributed by atoms with Gasteiger partial charge in [0.25, 0.3) is 0 Å². The molecule has 0 fully saturated rings. The van der Waals surface area contributed by atoms with Crippen molar-refractivity contribution < 1.29 is 9.50 Å². The summed E-state index contributed by atoms with van der Waals surface area (Å²) in [4.78, 5) is 17.2. The smallest absolute Gasteiger partial charge is 0.234 e. The summed E-state index contributed by atoms with van der Waals surface area (Å²) in [5, 5.41) is 9.13. The van der Waals surface area contributed by atoms with E-state index in [1.807, 2.05) is 53.2 Å². The fraction of sp³-hybridized carbons (Fsp3) is 0.182. The molecule has 0 saturated heterocycles. The van der Waals surface area contributed by atoms with Crippen molar-refractivity contribution in [2.24, 2.45) is 4.99 Å². The minimum absolute atomic E-state index is 0.178. The zero-order chi connectivity index (χ0) is 19.5. The Kier molecular flexibility index (Phi) is 4.83. The Labute approximate surface area is 162 Å². The highest BCUT2D eigenvalue weighted by Crippen LogP contribution is 2.27. The zero-order valence-corrected chi connectivity index (χ0v) is 15.5.